The van der Waals surface area contributed by atoms with Gasteiger partial charge >= 0.3 is 0 Å². The molecule has 0 radical (unpaired) electrons. The first-order valence-electron chi connectivity index (χ1n) is 6.93. The molecular formula is C14H28N2. The molecule has 0 bridgehead atoms. The maximum absolute atomic E-state index is 8.45. The zero-order chi connectivity index (χ0) is 12.1. The van der Waals surface area contributed by atoms with Gasteiger partial charge in [0.1, 0.15) is 0 Å². The number of nitrogens with zero attached hydrogens (tertiary/aromatic N) is 1. The lowest BCUT2D eigenvalue weighted by atomic mass is 10.0. The summed E-state index contributed by atoms with van der Waals surface area (Å²) in [6.07, 6.45) is 13.6. The molecule has 0 fully saturated rings. The number of nitrogens with two attached hydrogens (primary N) is 1. The van der Waals surface area contributed by atoms with E-state index in [1.807, 2.05) is 0 Å². The van der Waals surface area contributed by atoms with Gasteiger partial charge in [-0.1, -0.05) is 64.7 Å². The molecule has 2 nitrogen and oxygen atoms in total. The molecule has 0 spiro atoms. The van der Waals surface area contributed by atoms with E-state index in [4.69, 9.17) is 11.0 Å². The summed E-state index contributed by atoms with van der Waals surface area (Å²) < 4.78 is 0. The standard InChI is InChI=1S/C14H28N2/c1-2-3-4-5-6-7-8-9-10-11-14(16)12-13-15/h14H,2-12,16H2,1H3. The first-order chi connectivity index (χ1) is 7.81. The molecule has 0 aromatic carbocycles. The summed E-state index contributed by atoms with van der Waals surface area (Å²) in [7, 11) is 0. The van der Waals surface area contributed by atoms with Gasteiger partial charge in [-0.15, -0.1) is 0 Å². The zero-order valence-corrected chi connectivity index (χ0v) is 10.9. The van der Waals surface area contributed by atoms with Crippen molar-refractivity contribution in [3.05, 3.63) is 0 Å². The summed E-state index contributed by atoms with van der Waals surface area (Å²) >= 11 is 0. The normalized spacial score (nSPS) is 12.3. The van der Waals surface area contributed by atoms with Gasteiger partial charge in [0.25, 0.3) is 0 Å². The number of rotatable bonds is 11. The summed E-state index contributed by atoms with van der Waals surface area (Å²) in [5, 5.41) is 8.45. The molecule has 0 heterocycles. The molecular weight excluding hydrogens is 196 g/mol. The molecule has 0 saturated heterocycles. The van der Waals surface area contributed by atoms with Gasteiger partial charge < -0.3 is 5.73 Å². The topological polar surface area (TPSA) is 49.8 Å². The van der Waals surface area contributed by atoms with Crippen LogP contribution in [0.15, 0.2) is 0 Å². The van der Waals surface area contributed by atoms with Gasteiger partial charge in [-0.25, -0.2) is 0 Å². The van der Waals surface area contributed by atoms with Crippen molar-refractivity contribution in [1.29, 1.82) is 5.26 Å². The molecule has 94 valence electrons. The Morgan fingerprint density at radius 3 is 1.94 bits per heavy atom. The third-order valence-corrected chi connectivity index (χ3v) is 3.03. The van der Waals surface area contributed by atoms with Crippen LogP contribution >= 0.6 is 0 Å². The van der Waals surface area contributed by atoms with E-state index < -0.39 is 0 Å². The first-order valence-corrected chi connectivity index (χ1v) is 6.93. The van der Waals surface area contributed by atoms with Gasteiger partial charge in [0.2, 0.25) is 0 Å². The number of unbranched alkanes of at least 4 members (excludes halogenated alkanes) is 8. The highest BCUT2D eigenvalue weighted by atomic mass is 14.6. The minimum Gasteiger partial charge on any atom is -0.327 e. The Morgan fingerprint density at radius 2 is 1.44 bits per heavy atom. The smallest absolute Gasteiger partial charge is 0.0638 e. The van der Waals surface area contributed by atoms with Crippen molar-refractivity contribution in [2.45, 2.75) is 83.6 Å². The second-order valence-electron chi connectivity index (χ2n) is 4.74. The monoisotopic (exact) mass is 224 g/mol. The van der Waals surface area contributed by atoms with Crippen LogP contribution in [0.1, 0.15) is 77.6 Å². The van der Waals surface area contributed by atoms with Gasteiger partial charge in [-0.2, -0.15) is 5.26 Å². The number of nitriles is 1. The molecule has 1 unspecified atom stereocenters. The third-order valence-electron chi connectivity index (χ3n) is 3.03. The Kier molecular flexibility index (Phi) is 12.1. The van der Waals surface area contributed by atoms with E-state index >= 15 is 0 Å². The highest BCUT2D eigenvalue weighted by molar-refractivity contribution is 4.77. The van der Waals surface area contributed by atoms with Gasteiger partial charge in [0.15, 0.2) is 0 Å². The van der Waals surface area contributed by atoms with Gasteiger partial charge in [0, 0.05) is 6.04 Å². The van der Waals surface area contributed by atoms with E-state index in [0.717, 1.165) is 6.42 Å². The van der Waals surface area contributed by atoms with Crippen LogP contribution in [-0.2, 0) is 0 Å². The number of hydrogen-bond donors (Lipinski definition) is 1. The van der Waals surface area contributed by atoms with Crippen molar-refractivity contribution in [2.75, 3.05) is 0 Å². The fourth-order valence-electron chi connectivity index (χ4n) is 1.94. The lowest BCUT2D eigenvalue weighted by Crippen LogP contribution is -2.18. The van der Waals surface area contributed by atoms with Crippen LogP contribution in [0.25, 0.3) is 0 Å². The SMILES string of the molecule is CCCCCCCCCCCC(N)CC#N. The van der Waals surface area contributed by atoms with Crippen molar-refractivity contribution in [1.82, 2.24) is 0 Å². The lowest BCUT2D eigenvalue weighted by Gasteiger charge is -2.06. The Labute approximate surface area is 101 Å². The predicted octanol–water partition coefficient (Wildman–Crippen LogP) is 4.15. The Hall–Kier alpha value is -0.550. The fraction of sp³-hybridized carbons (Fsp3) is 0.929. The highest BCUT2D eigenvalue weighted by Gasteiger charge is 2.00. The van der Waals surface area contributed by atoms with Crippen LogP contribution in [0, 0.1) is 11.3 Å². The molecule has 2 heteroatoms. The highest BCUT2D eigenvalue weighted by Crippen LogP contribution is 2.11. The summed E-state index contributed by atoms with van der Waals surface area (Å²) in [5.74, 6) is 0. The molecule has 0 aliphatic heterocycles. The molecule has 0 rings (SSSR count). The Bertz CT molecular complexity index is 172. The van der Waals surface area contributed by atoms with Crippen LogP contribution < -0.4 is 5.73 Å². The fourth-order valence-corrected chi connectivity index (χ4v) is 1.94. The van der Waals surface area contributed by atoms with E-state index in [0.29, 0.717) is 6.42 Å². The third kappa shape index (κ3) is 11.5. The van der Waals surface area contributed by atoms with Crippen molar-refractivity contribution in [3.63, 3.8) is 0 Å². The molecule has 0 aliphatic carbocycles. The van der Waals surface area contributed by atoms with Crippen molar-refractivity contribution >= 4 is 0 Å². The minimum atomic E-state index is 0.106. The van der Waals surface area contributed by atoms with E-state index in [1.54, 1.807) is 0 Å². The van der Waals surface area contributed by atoms with E-state index in [1.165, 1.54) is 57.8 Å². The minimum absolute atomic E-state index is 0.106. The Balaban J connectivity index is 3.01. The number of hydrogen-bond acceptors (Lipinski definition) is 2. The predicted molar refractivity (Wildman–Crippen MR) is 70.0 cm³/mol. The summed E-state index contributed by atoms with van der Waals surface area (Å²) in [4.78, 5) is 0. The molecule has 0 aliphatic rings. The zero-order valence-electron chi connectivity index (χ0n) is 10.9. The largest absolute Gasteiger partial charge is 0.327 e. The molecule has 1 atom stereocenters. The van der Waals surface area contributed by atoms with Crippen LogP contribution in [0.5, 0.6) is 0 Å². The Morgan fingerprint density at radius 1 is 0.938 bits per heavy atom. The van der Waals surface area contributed by atoms with E-state index in [9.17, 15) is 0 Å². The quantitative estimate of drug-likeness (QED) is 0.536. The average Bonchev–Trinajstić information content (AvgIpc) is 2.27. The van der Waals surface area contributed by atoms with Crippen LogP contribution in [0.3, 0.4) is 0 Å². The van der Waals surface area contributed by atoms with Crippen LogP contribution in [-0.4, -0.2) is 6.04 Å². The molecule has 0 saturated carbocycles. The molecule has 0 aromatic heterocycles. The van der Waals surface area contributed by atoms with Crippen LogP contribution in [0.2, 0.25) is 0 Å². The maximum atomic E-state index is 8.45. The average molecular weight is 224 g/mol. The van der Waals surface area contributed by atoms with E-state index in [2.05, 4.69) is 13.0 Å². The summed E-state index contributed by atoms with van der Waals surface area (Å²) in [6.45, 7) is 2.25. The lowest BCUT2D eigenvalue weighted by molar-refractivity contribution is 0.527. The second-order valence-corrected chi connectivity index (χ2v) is 4.74. The van der Waals surface area contributed by atoms with Gasteiger partial charge in [-0.05, 0) is 6.42 Å². The molecule has 2 N–H and O–H groups in total. The van der Waals surface area contributed by atoms with Gasteiger partial charge in [-0.3, -0.25) is 0 Å². The first kappa shape index (κ1) is 15.4. The van der Waals surface area contributed by atoms with Gasteiger partial charge in [0.05, 0.1) is 12.5 Å². The maximum Gasteiger partial charge on any atom is 0.0638 e. The van der Waals surface area contributed by atoms with Crippen molar-refractivity contribution < 1.29 is 0 Å². The second kappa shape index (κ2) is 12.5. The van der Waals surface area contributed by atoms with Crippen LogP contribution in [0.4, 0.5) is 0 Å². The molecule has 0 amide bonds. The van der Waals surface area contributed by atoms with Crippen molar-refractivity contribution in [2.24, 2.45) is 5.73 Å². The summed E-state index contributed by atoms with van der Waals surface area (Å²) in [6, 6.07) is 2.23. The molecule has 0 aromatic rings. The van der Waals surface area contributed by atoms with Crippen molar-refractivity contribution in [3.8, 4) is 6.07 Å². The summed E-state index contributed by atoms with van der Waals surface area (Å²) in [5.41, 5.74) is 5.76. The van der Waals surface area contributed by atoms with E-state index in [-0.39, 0.29) is 6.04 Å². The molecule has 16 heavy (non-hydrogen) atoms.